The molecular formula is C25H21N5O4. The van der Waals surface area contributed by atoms with Crippen molar-refractivity contribution in [1.29, 1.82) is 5.26 Å². The van der Waals surface area contributed by atoms with Gasteiger partial charge in [-0.1, -0.05) is 18.2 Å². The molecule has 0 bridgehead atoms. The van der Waals surface area contributed by atoms with Gasteiger partial charge in [0.15, 0.2) is 11.6 Å². The Labute approximate surface area is 195 Å². The normalized spacial score (nSPS) is 10.5. The third kappa shape index (κ3) is 4.42. The number of aromatic nitrogens is 3. The number of amides is 1. The first-order chi connectivity index (χ1) is 16.4. The van der Waals surface area contributed by atoms with Gasteiger partial charge in [0.2, 0.25) is 0 Å². The van der Waals surface area contributed by atoms with E-state index in [-0.39, 0.29) is 23.7 Å². The number of nitrogens with zero attached hydrogens (tertiary/aromatic N) is 4. The molecule has 0 aliphatic heterocycles. The molecule has 0 unspecified atom stereocenters. The fourth-order valence-electron chi connectivity index (χ4n) is 3.47. The van der Waals surface area contributed by atoms with Crippen molar-refractivity contribution in [3.05, 3.63) is 77.0 Å². The van der Waals surface area contributed by atoms with Crippen LogP contribution in [0, 0.1) is 25.2 Å². The number of ether oxygens (including phenoxy) is 2. The third-order valence-electron chi connectivity index (χ3n) is 5.15. The predicted molar refractivity (Wildman–Crippen MR) is 125 cm³/mol. The van der Waals surface area contributed by atoms with Gasteiger partial charge in [-0.2, -0.15) is 15.0 Å². The average molecular weight is 455 g/mol. The monoisotopic (exact) mass is 455 g/mol. The van der Waals surface area contributed by atoms with Crippen LogP contribution in [0.5, 0.6) is 5.75 Å². The molecule has 0 saturated carbocycles. The van der Waals surface area contributed by atoms with Gasteiger partial charge in [0.25, 0.3) is 5.91 Å². The van der Waals surface area contributed by atoms with Crippen LogP contribution in [0.2, 0.25) is 0 Å². The summed E-state index contributed by atoms with van der Waals surface area (Å²) in [6, 6.07) is 15.8. The van der Waals surface area contributed by atoms with E-state index in [0.29, 0.717) is 11.4 Å². The van der Waals surface area contributed by atoms with E-state index in [1.807, 2.05) is 38.1 Å². The van der Waals surface area contributed by atoms with E-state index in [9.17, 15) is 14.9 Å². The number of hydrogen-bond acceptors (Lipinski definition) is 7. The Morgan fingerprint density at radius 1 is 1.12 bits per heavy atom. The van der Waals surface area contributed by atoms with E-state index < -0.39 is 12.1 Å². The highest BCUT2D eigenvalue weighted by Gasteiger charge is 2.18. The van der Waals surface area contributed by atoms with E-state index in [4.69, 9.17) is 14.5 Å². The van der Waals surface area contributed by atoms with Crippen molar-refractivity contribution >= 4 is 28.8 Å². The lowest BCUT2D eigenvalue weighted by Gasteiger charge is -2.12. The van der Waals surface area contributed by atoms with Crippen molar-refractivity contribution < 1.29 is 19.1 Å². The van der Waals surface area contributed by atoms with E-state index >= 15 is 0 Å². The van der Waals surface area contributed by atoms with Gasteiger partial charge >= 0.3 is 6.16 Å². The summed E-state index contributed by atoms with van der Waals surface area (Å²) in [7, 11) is 0. The number of carbonyl (C=O) groups is 2. The lowest BCUT2D eigenvalue weighted by molar-refractivity contribution is 0.102. The number of carbonyl (C=O) groups excluding carboxylic acids is 2. The zero-order valence-electron chi connectivity index (χ0n) is 18.8. The lowest BCUT2D eigenvalue weighted by Crippen LogP contribution is -2.17. The molecule has 0 aliphatic rings. The Hall–Kier alpha value is -4.71. The third-order valence-corrected chi connectivity index (χ3v) is 5.15. The quantitative estimate of drug-likeness (QED) is 0.342. The lowest BCUT2D eigenvalue weighted by atomic mass is 10.1. The van der Waals surface area contributed by atoms with Crippen LogP contribution < -0.4 is 10.1 Å². The minimum atomic E-state index is -0.823. The molecule has 1 N–H and O–H groups in total. The Morgan fingerprint density at radius 2 is 1.88 bits per heavy atom. The number of anilines is 1. The molecule has 9 heteroatoms. The molecule has 0 fully saturated rings. The van der Waals surface area contributed by atoms with E-state index in [1.54, 1.807) is 6.92 Å². The maximum Gasteiger partial charge on any atom is 0.513 e. The first kappa shape index (κ1) is 22.5. The van der Waals surface area contributed by atoms with Crippen LogP contribution in [0.1, 0.15) is 34.0 Å². The summed E-state index contributed by atoms with van der Waals surface area (Å²) in [5, 5.41) is 17.6. The molecule has 0 spiro atoms. The zero-order chi connectivity index (χ0) is 24.2. The molecule has 9 nitrogen and oxygen atoms in total. The summed E-state index contributed by atoms with van der Waals surface area (Å²) in [6.45, 7) is 5.81. The second-order valence-electron chi connectivity index (χ2n) is 7.46. The second-order valence-corrected chi connectivity index (χ2v) is 7.46. The van der Waals surface area contributed by atoms with Crippen molar-refractivity contribution in [1.82, 2.24) is 14.8 Å². The smallest absolute Gasteiger partial charge is 0.434 e. The van der Waals surface area contributed by atoms with Crippen LogP contribution in [0.25, 0.3) is 16.7 Å². The van der Waals surface area contributed by atoms with Gasteiger partial charge in [-0.3, -0.25) is 4.79 Å². The van der Waals surface area contributed by atoms with Crippen LogP contribution in [0.15, 0.2) is 54.7 Å². The van der Waals surface area contributed by atoms with Crippen LogP contribution >= 0.6 is 0 Å². The van der Waals surface area contributed by atoms with Gasteiger partial charge in [-0.25, -0.2) is 9.78 Å². The molecule has 2 aromatic carbocycles. The second kappa shape index (κ2) is 9.42. The Bertz CT molecular complexity index is 1430. The summed E-state index contributed by atoms with van der Waals surface area (Å²) >= 11 is 0. The number of para-hydroxylation sites is 1. The minimum absolute atomic E-state index is 0.194. The van der Waals surface area contributed by atoms with E-state index in [2.05, 4.69) is 16.5 Å². The molecule has 4 rings (SSSR count). The van der Waals surface area contributed by atoms with Gasteiger partial charge in [0, 0.05) is 10.9 Å². The number of hydrogen-bond donors (Lipinski definition) is 1. The topological polar surface area (TPSA) is 119 Å². The van der Waals surface area contributed by atoms with Crippen molar-refractivity contribution in [2.24, 2.45) is 0 Å². The number of aryl methyl sites for hydroxylation is 2. The fourth-order valence-corrected chi connectivity index (χ4v) is 3.47. The number of rotatable bonds is 5. The number of fused-ring (bicyclic) bond motifs is 1. The zero-order valence-corrected chi connectivity index (χ0v) is 18.8. The van der Waals surface area contributed by atoms with Gasteiger partial charge in [0.05, 0.1) is 18.3 Å². The minimum Gasteiger partial charge on any atom is -0.434 e. The molecule has 34 heavy (non-hydrogen) atoms. The number of nitriles is 1. The molecule has 2 aromatic heterocycles. The van der Waals surface area contributed by atoms with Gasteiger partial charge < -0.3 is 14.8 Å². The fraction of sp³-hybridized carbons (Fsp3) is 0.160. The Kier molecular flexibility index (Phi) is 6.23. The van der Waals surface area contributed by atoms with E-state index in [0.717, 1.165) is 22.0 Å². The van der Waals surface area contributed by atoms with Gasteiger partial charge in [0.1, 0.15) is 17.4 Å². The van der Waals surface area contributed by atoms with Crippen molar-refractivity contribution in [2.45, 2.75) is 20.8 Å². The summed E-state index contributed by atoms with van der Waals surface area (Å²) in [5.74, 6) is 0.465. The molecule has 170 valence electrons. The number of pyridine rings is 1. The summed E-state index contributed by atoms with van der Waals surface area (Å²) in [6.07, 6.45) is 0.556. The molecule has 0 saturated heterocycles. The highest BCUT2D eigenvalue weighted by atomic mass is 16.7. The highest BCUT2D eigenvalue weighted by Crippen LogP contribution is 2.26. The molecule has 0 aliphatic carbocycles. The molecule has 0 atom stereocenters. The number of nitrogens with one attached hydrogen (secondary N) is 1. The van der Waals surface area contributed by atoms with Crippen molar-refractivity contribution in [3.8, 4) is 17.6 Å². The molecule has 0 radical (unpaired) electrons. The predicted octanol–water partition coefficient (Wildman–Crippen LogP) is 4.70. The Balaban J connectivity index is 1.64. The largest absolute Gasteiger partial charge is 0.513 e. The van der Waals surface area contributed by atoms with E-state index in [1.165, 1.54) is 35.1 Å². The summed E-state index contributed by atoms with van der Waals surface area (Å²) < 4.78 is 11.2. The molecule has 1 amide bonds. The number of benzene rings is 2. The molecule has 4 aromatic rings. The summed E-state index contributed by atoms with van der Waals surface area (Å²) in [5.41, 5.74) is 3.31. The van der Waals surface area contributed by atoms with Crippen molar-refractivity contribution in [2.75, 3.05) is 11.9 Å². The molecule has 2 heterocycles. The molecular weight excluding hydrogens is 434 g/mol. The SMILES string of the molecule is CCOC(=O)Oc1ccc(C(=O)Nc2c(C#N)cnn2-c2cc(C)c3cccc(C)c3n2)cc1. The summed E-state index contributed by atoms with van der Waals surface area (Å²) in [4.78, 5) is 29.1. The van der Waals surface area contributed by atoms with Gasteiger partial charge in [-0.15, -0.1) is 0 Å². The van der Waals surface area contributed by atoms with Crippen LogP contribution in [0.4, 0.5) is 10.6 Å². The maximum atomic E-state index is 12.9. The maximum absolute atomic E-state index is 12.9. The van der Waals surface area contributed by atoms with Gasteiger partial charge in [-0.05, 0) is 62.2 Å². The average Bonchev–Trinajstić information content (AvgIpc) is 3.22. The van der Waals surface area contributed by atoms with Crippen molar-refractivity contribution in [3.63, 3.8) is 0 Å². The van der Waals surface area contributed by atoms with Crippen LogP contribution in [-0.2, 0) is 4.74 Å². The highest BCUT2D eigenvalue weighted by molar-refractivity contribution is 6.04. The standard InChI is InChI=1S/C25H21N5O4/c1-4-33-25(32)34-19-10-8-17(9-11-19)24(31)29-23-18(13-26)14-27-30(23)21-12-16(3)20-7-5-6-15(2)22(20)28-21/h5-12,14H,4H2,1-3H3,(H,29,31). The first-order valence-corrected chi connectivity index (χ1v) is 10.5. The first-order valence-electron chi connectivity index (χ1n) is 10.5. The van der Waals surface area contributed by atoms with Crippen LogP contribution in [0.3, 0.4) is 0 Å². The van der Waals surface area contributed by atoms with Crippen LogP contribution in [-0.4, -0.2) is 33.4 Å². The Morgan fingerprint density at radius 3 is 2.59 bits per heavy atom.